The third-order valence-corrected chi connectivity index (χ3v) is 6.93. The van der Waals surface area contributed by atoms with Crippen LogP contribution in [0.5, 0.6) is 17.2 Å². The summed E-state index contributed by atoms with van der Waals surface area (Å²) in [6.45, 7) is 6.39. The van der Waals surface area contributed by atoms with Crippen molar-refractivity contribution in [1.29, 1.82) is 0 Å². The zero-order valence-electron chi connectivity index (χ0n) is 21.7. The van der Waals surface area contributed by atoms with Gasteiger partial charge >= 0.3 is 0 Å². The molecule has 0 amide bonds. The average molecular weight is 508 g/mol. The summed E-state index contributed by atoms with van der Waals surface area (Å²) in [7, 11) is 3.38. The highest BCUT2D eigenvalue weighted by molar-refractivity contribution is 5.87. The number of fused-ring (bicyclic) bond motifs is 1. The number of β-amino-alcohol motifs (C(OH)–C–C–N with tert-alkyl or cyclic N) is 1. The largest absolute Gasteiger partial charge is 0.497 e. The molecule has 1 atom stereocenters. The monoisotopic (exact) mass is 507 g/mol. The number of methoxy groups -OCH3 is 2. The highest BCUT2D eigenvalue weighted by Crippen LogP contribution is 2.39. The zero-order chi connectivity index (χ0) is 25.9. The van der Waals surface area contributed by atoms with E-state index in [1.54, 1.807) is 21.1 Å². The van der Waals surface area contributed by atoms with E-state index >= 15 is 0 Å². The Balaban J connectivity index is 1.17. The highest BCUT2D eigenvalue weighted by atomic mass is 16.5. The van der Waals surface area contributed by atoms with E-state index in [0.29, 0.717) is 41.3 Å². The number of piperidine rings is 1. The Morgan fingerprint density at radius 2 is 1.84 bits per heavy atom. The van der Waals surface area contributed by atoms with E-state index in [9.17, 15) is 5.11 Å². The van der Waals surface area contributed by atoms with Gasteiger partial charge in [-0.15, -0.1) is 10.2 Å². The summed E-state index contributed by atoms with van der Waals surface area (Å²) in [5.74, 6) is 4.03. The second kappa shape index (κ2) is 10.8. The Labute approximate surface area is 215 Å². The lowest BCUT2D eigenvalue weighted by Crippen LogP contribution is -2.40. The van der Waals surface area contributed by atoms with Crippen molar-refractivity contribution >= 4 is 11.0 Å². The van der Waals surface area contributed by atoms with Gasteiger partial charge in [-0.25, -0.2) is 0 Å². The second-order valence-corrected chi connectivity index (χ2v) is 9.50. The van der Waals surface area contributed by atoms with Gasteiger partial charge < -0.3 is 33.1 Å². The molecule has 1 fully saturated rings. The smallest absolute Gasteiger partial charge is 0.283 e. The fourth-order valence-corrected chi connectivity index (χ4v) is 5.15. The van der Waals surface area contributed by atoms with Crippen molar-refractivity contribution in [1.82, 2.24) is 15.1 Å². The van der Waals surface area contributed by atoms with Crippen LogP contribution in [0.2, 0.25) is 0 Å². The van der Waals surface area contributed by atoms with Crippen molar-refractivity contribution in [3.05, 3.63) is 53.4 Å². The Bertz CT molecular complexity index is 1360. The van der Waals surface area contributed by atoms with Gasteiger partial charge in [0, 0.05) is 31.2 Å². The molecule has 0 radical (unpaired) electrons. The third kappa shape index (κ3) is 5.42. The van der Waals surface area contributed by atoms with Gasteiger partial charge in [0.1, 0.15) is 35.5 Å². The first-order valence-corrected chi connectivity index (χ1v) is 12.5. The van der Waals surface area contributed by atoms with Crippen LogP contribution >= 0.6 is 0 Å². The summed E-state index contributed by atoms with van der Waals surface area (Å²) < 4.78 is 28.4. The first-order chi connectivity index (χ1) is 17.9. The fraction of sp³-hybridized carbons (Fsp3) is 0.429. The lowest BCUT2D eigenvalue weighted by molar-refractivity contribution is 0.0597. The summed E-state index contributed by atoms with van der Waals surface area (Å²) in [6.07, 6.45) is 1.39. The summed E-state index contributed by atoms with van der Waals surface area (Å²) in [5.41, 5.74) is 3.10. The minimum atomic E-state index is -0.617. The molecule has 1 aliphatic heterocycles. The Morgan fingerprint density at radius 3 is 2.54 bits per heavy atom. The van der Waals surface area contributed by atoms with Gasteiger partial charge in [-0.1, -0.05) is 6.07 Å². The molecular formula is C28H33N3O6. The van der Waals surface area contributed by atoms with Gasteiger partial charge in [0.15, 0.2) is 5.76 Å². The number of aliphatic hydroxyl groups excluding tert-OH is 1. The maximum atomic E-state index is 10.7. The van der Waals surface area contributed by atoms with Crippen molar-refractivity contribution in [2.45, 2.75) is 38.7 Å². The van der Waals surface area contributed by atoms with Crippen LogP contribution in [0.25, 0.3) is 22.6 Å². The quantitative estimate of drug-likeness (QED) is 0.344. The molecule has 1 unspecified atom stereocenters. The predicted octanol–water partition coefficient (Wildman–Crippen LogP) is 4.74. The van der Waals surface area contributed by atoms with Crippen LogP contribution in [0.3, 0.4) is 0 Å². The molecule has 9 heteroatoms. The van der Waals surface area contributed by atoms with Crippen molar-refractivity contribution < 1.29 is 28.2 Å². The predicted molar refractivity (Wildman–Crippen MR) is 138 cm³/mol. The minimum Gasteiger partial charge on any atom is -0.497 e. The van der Waals surface area contributed by atoms with E-state index < -0.39 is 6.10 Å². The lowest BCUT2D eigenvalue weighted by atomic mass is 9.86. The van der Waals surface area contributed by atoms with E-state index in [2.05, 4.69) is 28.1 Å². The van der Waals surface area contributed by atoms with E-state index in [-0.39, 0.29) is 6.61 Å². The summed E-state index contributed by atoms with van der Waals surface area (Å²) in [6, 6.07) is 11.4. The van der Waals surface area contributed by atoms with Crippen molar-refractivity contribution in [2.75, 3.05) is 40.5 Å². The second-order valence-electron chi connectivity index (χ2n) is 9.50. The molecule has 1 saturated heterocycles. The van der Waals surface area contributed by atoms with Crippen LogP contribution in [0.15, 0.2) is 45.2 Å². The summed E-state index contributed by atoms with van der Waals surface area (Å²) >= 11 is 0. The average Bonchev–Trinajstić information content (AvgIpc) is 3.54. The Morgan fingerprint density at radius 1 is 1.03 bits per heavy atom. The molecule has 2 aromatic heterocycles. The number of benzene rings is 2. The Kier molecular flexibility index (Phi) is 7.34. The van der Waals surface area contributed by atoms with Crippen LogP contribution in [0, 0.1) is 13.8 Å². The number of hydrogen-bond donors (Lipinski definition) is 1. The number of likely N-dealkylation sites (tertiary alicyclic amines) is 1. The van der Waals surface area contributed by atoms with Gasteiger partial charge in [-0.3, -0.25) is 0 Å². The molecule has 5 rings (SSSR count). The molecule has 0 spiro atoms. The summed E-state index contributed by atoms with van der Waals surface area (Å²) in [5, 5.41) is 19.4. The number of nitrogens with zero attached hydrogens (tertiary/aromatic N) is 3. The molecule has 37 heavy (non-hydrogen) atoms. The standard InChI is InChI=1S/C28H33N3O6/c1-17-12-21(33-3)13-25(34-4)27(17)19-8-10-31(11-9-19)15-20(32)16-35-23-6-5-7-24-22(23)14-26(37-24)28-30-29-18(2)36-28/h5-7,12-14,19-20,32H,8-11,15-16H2,1-4H3. The van der Waals surface area contributed by atoms with E-state index in [0.717, 1.165) is 42.8 Å². The molecular weight excluding hydrogens is 474 g/mol. The van der Waals surface area contributed by atoms with Crippen LogP contribution in [0.1, 0.15) is 35.8 Å². The van der Waals surface area contributed by atoms with Gasteiger partial charge in [-0.2, -0.15) is 0 Å². The van der Waals surface area contributed by atoms with Gasteiger partial charge in [-0.05, 0) is 62.5 Å². The van der Waals surface area contributed by atoms with Gasteiger partial charge in [0.05, 0.1) is 19.6 Å². The van der Waals surface area contributed by atoms with Crippen molar-refractivity contribution in [2.24, 2.45) is 0 Å². The Hall–Kier alpha value is -3.56. The van der Waals surface area contributed by atoms with Crippen molar-refractivity contribution in [3.63, 3.8) is 0 Å². The van der Waals surface area contributed by atoms with Crippen LogP contribution in [0.4, 0.5) is 0 Å². The SMILES string of the molecule is COc1cc(C)c(C2CCN(CC(O)COc3cccc4oc(-c5nnc(C)o5)cc34)CC2)c(OC)c1. The van der Waals surface area contributed by atoms with Crippen LogP contribution in [-0.4, -0.2) is 66.8 Å². The zero-order valence-corrected chi connectivity index (χ0v) is 21.7. The molecule has 0 aliphatic carbocycles. The molecule has 0 saturated carbocycles. The molecule has 9 nitrogen and oxygen atoms in total. The number of rotatable bonds is 9. The topological polar surface area (TPSA) is 103 Å². The maximum absolute atomic E-state index is 10.7. The molecule has 1 aliphatic rings. The highest BCUT2D eigenvalue weighted by Gasteiger charge is 2.26. The minimum absolute atomic E-state index is 0.185. The maximum Gasteiger partial charge on any atom is 0.283 e. The fourth-order valence-electron chi connectivity index (χ4n) is 5.15. The van der Waals surface area contributed by atoms with E-state index in [4.69, 9.17) is 23.0 Å². The van der Waals surface area contributed by atoms with Gasteiger partial charge in [0.25, 0.3) is 5.89 Å². The van der Waals surface area contributed by atoms with E-state index in [1.165, 1.54) is 11.1 Å². The lowest BCUT2D eigenvalue weighted by Gasteiger charge is -2.34. The number of aliphatic hydroxyl groups is 1. The molecule has 1 N–H and O–H groups in total. The molecule has 4 aromatic rings. The molecule has 3 heterocycles. The summed E-state index contributed by atoms with van der Waals surface area (Å²) in [4.78, 5) is 2.30. The first-order valence-electron chi connectivity index (χ1n) is 12.5. The number of aromatic nitrogens is 2. The van der Waals surface area contributed by atoms with Gasteiger partial charge in [0.2, 0.25) is 5.89 Å². The molecule has 0 bridgehead atoms. The first kappa shape index (κ1) is 25.1. The van der Waals surface area contributed by atoms with Crippen LogP contribution < -0.4 is 14.2 Å². The molecule has 196 valence electrons. The third-order valence-electron chi connectivity index (χ3n) is 6.93. The van der Waals surface area contributed by atoms with Crippen molar-refractivity contribution in [3.8, 4) is 28.9 Å². The normalized spacial score (nSPS) is 15.7. The molecule has 2 aromatic carbocycles. The number of hydrogen-bond acceptors (Lipinski definition) is 9. The number of furan rings is 1. The van der Waals surface area contributed by atoms with Crippen LogP contribution in [-0.2, 0) is 0 Å². The van der Waals surface area contributed by atoms with E-state index in [1.807, 2.05) is 30.3 Å². The number of aryl methyl sites for hydroxylation is 2. The number of ether oxygens (including phenoxy) is 3.